The zero-order valence-corrected chi connectivity index (χ0v) is 16.3. The summed E-state index contributed by atoms with van der Waals surface area (Å²) in [4.78, 5) is 27.6. The number of benzene rings is 1. The number of hydrogen-bond acceptors (Lipinski definition) is 7. The first kappa shape index (κ1) is 19.7. The van der Waals surface area contributed by atoms with E-state index in [0.717, 1.165) is 11.8 Å². The molecule has 0 spiro atoms. The van der Waals surface area contributed by atoms with Gasteiger partial charge < -0.3 is 19.0 Å². The lowest BCUT2D eigenvalue weighted by atomic mass is 10.2. The van der Waals surface area contributed by atoms with Gasteiger partial charge in [-0.05, 0) is 18.2 Å². The molecule has 0 bridgehead atoms. The second-order valence-corrected chi connectivity index (χ2v) is 7.28. The Kier molecular flexibility index (Phi) is 6.70. The Balaban J connectivity index is 1.49. The summed E-state index contributed by atoms with van der Waals surface area (Å²) < 4.78 is 10.8. The molecule has 8 nitrogen and oxygen atoms in total. The lowest BCUT2D eigenvalue weighted by molar-refractivity contribution is -0.140. The summed E-state index contributed by atoms with van der Waals surface area (Å²) in [6.45, 7) is 2.22. The molecule has 2 amide bonds. The largest absolute Gasteiger partial charge is 0.411 e. The molecule has 3 rings (SSSR count). The van der Waals surface area contributed by atoms with Crippen LogP contribution in [0, 0.1) is 0 Å². The number of halogens is 1. The zero-order valence-electron chi connectivity index (χ0n) is 14.8. The quantitative estimate of drug-likeness (QED) is 0.671. The molecule has 0 radical (unpaired) electrons. The highest BCUT2D eigenvalue weighted by atomic mass is 35.5. The van der Waals surface area contributed by atoms with E-state index in [1.807, 2.05) is 6.07 Å². The summed E-state index contributed by atoms with van der Waals surface area (Å²) in [7, 11) is 1.60. The number of carbonyl (C=O) groups excluding carboxylic acids is 2. The van der Waals surface area contributed by atoms with Crippen LogP contribution in [0.25, 0.3) is 11.5 Å². The van der Waals surface area contributed by atoms with Crippen molar-refractivity contribution in [3.05, 3.63) is 29.3 Å². The maximum atomic E-state index is 12.3. The first-order valence-electron chi connectivity index (χ1n) is 8.34. The first-order valence-corrected chi connectivity index (χ1v) is 9.71. The van der Waals surface area contributed by atoms with E-state index in [1.54, 1.807) is 30.1 Å². The number of aromatic nitrogens is 2. The predicted molar refractivity (Wildman–Crippen MR) is 101 cm³/mol. The minimum absolute atomic E-state index is 0.0387. The standard InChI is InChI=1S/C17H19ClN4O4S/c1-21(10-14(23)22-5-7-25-8-6-22)15(24)11-27-17-20-19-16(26-17)12-3-2-4-13(18)9-12/h2-4,9H,5-8,10-11H2,1H3. The van der Waals surface area contributed by atoms with Gasteiger partial charge in [0, 0.05) is 30.7 Å². The van der Waals surface area contributed by atoms with Gasteiger partial charge in [-0.25, -0.2) is 0 Å². The Labute approximate surface area is 165 Å². The topological polar surface area (TPSA) is 88.8 Å². The fourth-order valence-electron chi connectivity index (χ4n) is 2.44. The smallest absolute Gasteiger partial charge is 0.277 e. The Morgan fingerprint density at radius 1 is 1.30 bits per heavy atom. The summed E-state index contributed by atoms with van der Waals surface area (Å²) in [6, 6.07) is 7.08. The summed E-state index contributed by atoms with van der Waals surface area (Å²) in [5.74, 6) is 0.164. The molecule has 0 saturated carbocycles. The van der Waals surface area contributed by atoms with E-state index in [4.69, 9.17) is 20.8 Å². The van der Waals surface area contributed by atoms with Crippen molar-refractivity contribution in [2.75, 3.05) is 45.6 Å². The van der Waals surface area contributed by atoms with Crippen molar-refractivity contribution >= 4 is 35.2 Å². The number of hydrogen-bond donors (Lipinski definition) is 0. The van der Waals surface area contributed by atoms with E-state index in [2.05, 4.69) is 10.2 Å². The van der Waals surface area contributed by atoms with Crippen LogP contribution in [-0.2, 0) is 14.3 Å². The molecule has 1 aliphatic heterocycles. The third-order valence-electron chi connectivity index (χ3n) is 3.96. The second-order valence-electron chi connectivity index (χ2n) is 5.92. The molecule has 2 heterocycles. The fraction of sp³-hybridized carbons (Fsp3) is 0.412. The van der Waals surface area contributed by atoms with Crippen LogP contribution in [0.5, 0.6) is 0 Å². The number of carbonyl (C=O) groups is 2. The maximum Gasteiger partial charge on any atom is 0.277 e. The Morgan fingerprint density at radius 3 is 2.81 bits per heavy atom. The monoisotopic (exact) mass is 410 g/mol. The summed E-state index contributed by atoms with van der Waals surface area (Å²) >= 11 is 7.08. The van der Waals surface area contributed by atoms with Crippen molar-refractivity contribution in [1.29, 1.82) is 0 Å². The van der Waals surface area contributed by atoms with E-state index in [-0.39, 0.29) is 29.3 Å². The predicted octanol–water partition coefficient (Wildman–Crippen LogP) is 1.80. The Bertz CT molecular complexity index is 810. The van der Waals surface area contributed by atoms with Gasteiger partial charge in [-0.1, -0.05) is 29.4 Å². The Hall–Kier alpha value is -2.10. The molecule has 27 heavy (non-hydrogen) atoms. The van der Waals surface area contributed by atoms with Crippen LogP contribution >= 0.6 is 23.4 Å². The van der Waals surface area contributed by atoms with Gasteiger partial charge in [-0.2, -0.15) is 0 Å². The van der Waals surface area contributed by atoms with Crippen LogP contribution in [0.2, 0.25) is 5.02 Å². The highest BCUT2D eigenvalue weighted by molar-refractivity contribution is 7.99. The maximum absolute atomic E-state index is 12.3. The number of amides is 2. The molecule has 0 unspecified atom stereocenters. The van der Waals surface area contributed by atoms with Crippen LogP contribution in [0.15, 0.2) is 33.9 Å². The second kappa shape index (κ2) is 9.20. The molecule has 1 saturated heterocycles. The molecule has 0 aliphatic carbocycles. The van der Waals surface area contributed by atoms with Crippen molar-refractivity contribution < 1.29 is 18.7 Å². The normalized spacial score (nSPS) is 14.2. The Morgan fingerprint density at radius 2 is 2.07 bits per heavy atom. The minimum Gasteiger partial charge on any atom is -0.411 e. The van der Waals surface area contributed by atoms with Crippen LogP contribution in [-0.4, -0.2) is 77.5 Å². The van der Waals surface area contributed by atoms with Crippen LogP contribution < -0.4 is 0 Å². The molecule has 1 aliphatic rings. The van der Waals surface area contributed by atoms with Crippen molar-refractivity contribution in [2.24, 2.45) is 0 Å². The number of morpholine rings is 1. The van der Waals surface area contributed by atoms with Gasteiger partial charge in [-0.3, -0.25) is 9.59 Å². The fourth-order valence-corrected chi connectivity index (χ4v) is 3.34. The molecule has 1 aromatic carbocycles. The third-order valence-corrected chi connectivity index (χ3v) is 5.00. The molecule has 0 atom stereocenters. The number of rotatable bonds is 6. The molecule has 2 aromatic rings. The van der Waals surface area contributed by atoms with Gasteiger partial charge in [0.05, 0.1) is 25.5 Å². The number of ether oxygens (including phenoxy) is 1. The van der Waals surface area contributed by atoms with Gasteiger partial charge in [0.2, 0.25) is 17.7 Å². The summed E-state index contributed by atoms with van der Waals surface area (Å²) in [5, 5.41) is 8.75. The van der Waals surface area contributed by atoms with E-state index in [9.17, 15) is 9.59 Å². The lowest BCUT2D eigenvalue weighted by Gasteiger charge is -2.28. The van der Waals surface area contributed by atoms with Crippen LogP contribution in [0.3, 0.4) is 0 Å². The van der Waals surface area contributed by atoms with E-state index in [1.165, 1.54) is 4.90 Å². The van der Waals surface area contributed by atoms with Crippen molar-refractivity contribution in [3.8, 4) is 11.5 Å². The molecule has 10 heteroatoms. The average Bonchev–Trinajstić information content (AvgIpc) is 3.16. The molecular weight excluding hydrogens is 392 g/mol. The minimum atomic E-state index is -0.191. The molecule has 1 aromatic heterocycles. The highest BCUT2D eigenvalue weighted by Gasteiger charge is 2.21. The van der Waals surface area contributed by atoms with Gasteiger partial charge in [-0.15, -0.1) is 10.2 Å². The zero-order chi connectivity index (χ0) is 19.2. The van der Waals surface area contributed by atoms with Gasteiger partial charge in [0.1, 0.15) is 0 Å². The number of thioether (sulfide) groups is 1. The SMILES string of the molecule is CN(CC(=O)N1CCOCC1)C(=O)CSc1nnc(-c2cccc(Cl)c2)o1. The molecule has 0 N–H and O–H groups in total. The van der Waals surface area contributed by atoms with Crippen LogP contribution in [0.4, 0.5) is 0 Å². The van der Waals surface area contributed by atoms with Crippen molar-refractivity contribution in [3.63, 3.8) is 0 Å². The first-order chi connectivity index (χ1) is 13.0. The van der Waals surface area contributed by atoms with Crippen molar-refractivity contribution in [1.82, 2.24) is 20.0 Å². The molecule has 144 valence electrons. The summed E-state index contributed by atoms with van der Waals surface area (Å²) in [5.41, 5.74) is 0.710. The highest BCUT2D eigenvalue weighted by Crippen LogP contribution is 2.25. The third kappa shape index (κ3) is 5.44. The number of nitrogens with zero attached hydrogens (tertiary/aromatic N) is 4. The van der Waals surface area contributed by atoms with Crippen LogP contribution in [0.1, 0.15) is 0 Å². The van der Waals surface area contributed by atoms with Crippen molar-refractivity contribution in [2.45, 2.75) is 5.22 Å². The van der Waals surface area contributed by atoms with Gasteiger partial charge in [0.15, 0.2) is 0 Å². The van der Waals surface area contributed by atoms with Gasteiger partial charge in [0.25, 0.3) is 5.22 Å². The average molecular weight is 411 g/mol. The van der Waals surface area contributed by atoms with E-state index >= 15 is 0 Å². The van der Waals surface area contributed by atoms with E-state index < -0.39 is 0 Å². The number of likely N-dealkylation sites (N-methyl/N-ethyl adjacent to an activating group) is 1. The summed E-state index contributed by atoms with van der Waals surface area (Å²) in [6.07, 6.45) is 0. The molecular formula is C17H19ClN4O4S. The van der Waals surface area contributed by atoms with E-state index in [0.29, 0.717) is 42.8 Å². The lowest BCUT2D eigenvalue weighted by Crippen LogP contribution is -2.46. The van der Waals surface area contributed by atoms with Gasteiger partial charge >= 0.3 is 0 Å². The molecule has 1 fully saturated rings.